The van der Waals surface area contributed by atoms with Crippen LogP contribution in [0.1, 0.15) is 226 Å². The van der Waals surface area contributed by atoms with E-state index in [1.807, 2.05) is 0 Å². The Bertz CT molecular complexity index is 911. The van der Waals surface area contributed by atoms with Gasteiger partial charge in [-0.05, 0) is 83.5 Å². The lowest BCUT2D eigenvalue weighted by Crippen LogP contribution is -2.18. The fourth-order valence-corrected chi connectivity index (χ4v) is 6.51. The van der Waals surface area contributed by atoms with Crippen molar-refractivity contribution in [3.8, 4) is 0 Å². The summed E-state index contributed by atoms with van der Waals surface area (Å²) in [5.74, 6) is -0.717. The van der Waals surface area contributed by atoms with E-state index in [1.165, 1.54) is 96.3 Å². The number of hydrogen-bond acceptors (Lipinski definition) is 3. The number of carbonyl (C=O) groups is 2. The van der Waals surface area contributed by atoms with Gasteiger partial charge in [-0.3, -0.25) is 9.59 Å². The first kappa shape index (κ1) is 49.6. The van der Waals surface area contributed by atoms with Crippen LogP contribution in [0.2, 0.25) is 0 Å². The molecule has 0 fully saturated rings. The van der Waals surface area contributed by atoms with Gasteiger partial charge < -0.3 is 9.84 Å². The molecule has 0 aliphatic rings. The molecule has 0 aromatic rings. The number of allylic oxidation sites excluding steroid dienone is 10. The number of ether oxygens (including phenoxy) is 1. The second kappa shape index (κ2) is 43.0. The third-order valence-electron chi connectivity index (χ3n) is 9.75. The molecule has 0 saturated heterocycles. The molecule has 1 atom stereocenters. The number of carboxylic acids is 1. The van der Waals surface area contributed by atoms with E-state index in [-0.39, 0.29) is 18.5 Å². The third-order valence-corrected chi connectivity index (χ3v) is 9.75. The van der Waals surface area contributed by atoms with E-state index >= 15 is 0 Å². The largest absolute Gasteiger partial charge is 0.481 e. The van der Waals surface area contributed by atoms with E-state index in [0.29, 0.717) is 6.42 Å². The number of rotatable bonds is 40. The highest BCUT2D eigenvalue weighted by Gasteiger charge is 2.14. The summed E-state index contributed by atoms with van der Waals surface area (Å²) in [4.78, 5) is 23.5. The summed E-state index contributed by atoms with van der Waals surface area (Å²) in [5.41, 5.74) is 0. The molecule has 0 aliphatic carbocycles. The summed E-state index contributed by atoms with van der Waals surface area (Å²) in [6.45, 7) is 4.44. The van der Waals surface area contributed by atoms with Crippen molar-refractivity contribution >= 4 is 11.9 Å². The van der Waals surface area contributed by atoms with Crippen molar-refractivity contribution in [2.24, 2.45) is 0 Å². The van der Waals surface area contributed by atoms with Gasteiger partial charge in [-0.25, -0.2) is 0 Å². The second-order valence-corrected chi connectivity index (χ2v) is 14.9. The third kappa shape index (κ3) is 42.1. The van der Waals surface area contributed by atoms with Crippen molar-refractivity contribution in [2.75, 3.05) is 0 Å². The molecule has 300 valence electrons. The summed E-state index contributed by atoms with van der Waals surface area (Å²) >= 11 is 0. The van der Waals surface area contributed by atoms with Crippen molar-refractivity contribution in [1.82, 2.24) is 0 Å². The van der Waals surface area contributed by atoms with E-state index in [4.69, 9.17) is 9.84 Å². The zero-order valence-corrected chi connectivity index (χ0v) is 34.4. The maximum Gasteiger partial charge on any atom is 0.306 e. The molecule has 0 aromatic carbocycles. The number of carbonyl (C=O) groups excluding carboxylic acids is 1. The number of hydrogen-bond donors (Lipinski definition) is 1. The molecule has 0 bridgehead atoms. The number of esters is 1. The monoisotopic (exact) mass is 725 g/mol. The van der Waals surface area contributed by atoms with Gasteiger partial charge in [0.15, 0.2) is 0 Å². The molecule has 0 saturated carbocycles. The predicted molar refractivity (Wildman–Crippen MR) is 227 cm³/mol. The van der Waals surface area contributed by atoms with Gasteiger partial charge >= 0.3 is 11.9 Å². The lowest BCUT2D eigenvalue weighted by atomic mass is 10.0. The van der Waals surface area contributed by atoms with Crippen LogP contribution >= 0.6 is 0 Å². The van der Waals surface area contributed by atoms with E-state index in [9.17, 15) is 9.59 Å². The SMILES string of the molecule is CC/C=C\C/C=C\C/C=C\C/C=C\C/C=C\CCCCCCCC(=O)OC(CCCCCCCCCCCCCCC)CCCCCCCC(=O)O. The van der Waals surface area contributed by atoms with Crippen molar-refractivity contribution in [1.29, 1.82) is 0 Å². The summed E-state index contributed by atoms with van der Waals surface area (Å²) < 4.78 is 6.02. The van der Waals surface area contributed by atoms with E-state index in [2.05, 4.69) is 74.6 Å². The average Bonchev–Trinajstić information content (AvgIpc) is 3.13. The van der Waals surface area contributed by atoms with Gasteiger partial charge in [-0.1, -0.05) is 190 Å². The molecule has 0 heterocycles. The van der Waals surface area contributed by atoms with Crippen LogP contribution in [0.3, 0.4) is 0 Å². The molecule has 0 amide bonds. The van der Waals surface area contributed by atoms with E-state index in [1.54, 1.807) is 0 Å². The van der Waals surface area contributed by atoms with E-state index in [0.717, 1.165) is 103 Å². The van der Waals surface area contributed by atoms with Crippen LogP contribution in [0.4, 0.5) is 0 Å². The van der Waals surface area contributed by atoms with Gasteiger partial charge in [0.1, 0.15) is 6.10 Å². The van der Waals surface area contributed by atoms with Gasteiger partial charge in [-0.2, -0.15) is 0 Å². The average molecular weight is 725 g/mol. The minimum absolute atomic E-state index is 0.0140. The fourth-order valence-electron chi connectivity index (χ4n) is 6.51. The molecule has 4 heteroatoms. The fraction of sp³-hybridized carbons (Fsp3) is 0.750. The molecule has 1 unspecified atom stereocenters. The van der Waals surface area contributed by atoms with Gasteiger partial charge in [0, 0.05) is 12.8 Å². The quantitative estimate of drug-likeness (QED) is 0.0388. The Balaban J connectivity index is 4.04. The van der Waals surface area contributed by atoms with Gasteiger partial charge in [-0.15, -0.1) is 0 Å². The first-order chi connectivity index (χ1) is 25.6. The van der Waals surface area contributed by atoms with Gasteiger partial charge in [0.25, 0.3) is 0 Å². The van der Waals surface area contributed by atoms with Crippen molar-refractivity contribution in [3.63, 3.8) is 0 Å². The summed E-state index contributed by atoms with van der Waals surface area (Å²) in [6, 6.07) is 0. The standard InChI is InChI=1S/C48H84O4/c1-3-5-7-9-11-13-15-17-18-19-20-21-22-23-24-26-28-30-32-37-41-45-48(51)52-46(43-39-35-33-36-40-44-47(49)50)42-38-34-31-29-27-25-16-14-12-10-8-6-4-2/h5,7,11,13,17-18,20-21,23-24,46H,3-4,6,8-10,12,14-16,19,22,25-45H2,1-2H3,(H,49,50)/b7-5-,13-11-,18-17-,21-20-,24-23-. The Morgan fingerprint density at radius 3 is 1.25 bits per heavy atom. The van der Waals surface area contributed by atoms with Crippen LogP contribution in [-0.2, 0) is 14.3 Å². The maximum absolute atomic E-state index is 12.7. The highest BCUT2D eigenvalue weighted by molar-refractivity contribution is 5.69. The van der Waals surface area contributed by atoms with Crippen molar-refractivity contribution in [3.05, 3.63) is 60.8 Å². The van der Waals surface area contributed by atoms with Gasteiger partial charge in [0.05, 0.1) is 0 Å². The highest BCUT2D eigenvalue weighted by Crippen LogP contribution is 2.19. The summed E-state index contributed by atoms with van der Waals surface area (Å²) in [6.07, 6.45) is 59.6. The summed E-state index contributed by atoms with van der Waals surface area (Å²) in [5, 5.41) is 8.84. The Labute approximate surface area is 323 Å². The smallest absolute Gasteiger partial charge is 0.306 e. The topological polar surface area (TPSA) is 63.6 Å². The van der Waals surface area contributed by atoms with Crippen molar-refractivity contribution < 1.29 is 19.4 Å². The molecule has 4 nitrogen and oxygen atoms in total. The minimum atomic E-state index is -0.703. The molecule has 1 N–H and O–H groups in total. The Kier molecular flexibility index (Phi) is 41.1. The summed E-state index contributed by atoms with van der Waals surface area (Å²) in [7, 11) is 0. The molecule has 0 aliphatic heterocycles. The normalized spacial score (nSPS) is 12.8. The number of aliphatic carboxylic acids is 1. The van der Waals surface area contributed by atoms with Crippen LogP contribution in [0, 0.1) is 0 Å². The Hall–Kier alpha value is -2.36. The molecular formula is C48H84O4. The molecule has 0 rings (SSSR count). The first-order valence-corrected chi connectivity index (χ1v) is 22.3. The molecule has 0 spiro atoms. The number of unbranched alkanes of at least 4 members (excludes halogenated alkanes) is 21. The van der Waals surface area contributed by atoms with Crippen LogP contribution in [0.15, 0.2) is 60.8 Å². The minimum Gasteiger partial charge on any atom is -0.481 e. The predicted octanol–water partition coefficient (Wildman–Crippen LogP) is 15.7. The molecule has 0 radical (unpaired) electrons. The molecule has 52 heavy (non-hydrogen) atoms. The van der Waals surface area contributed by atoms with E-state index < -0.39 is 5.97 Å². The van der Waals surface area contributed by atoms with Crippen molar-refractivity contribution in [2.45, 2.75) is 232 Å². The number of carboxylic acid groups (broad SMARTS) is 1. The highest BCUT2D eigenvalue weighted by atomic mass is 16.5. The van der Waals surface area contributed by atoms with Gasteiger partial charge in [0.2, 0.25) is 0 Å². The Morgan fingerprint density at radius 1 is 0.442 bits per heavy atom. The second-order valence-electron chi connectivity index (χ2n) is 14.9. The maximum atomic E-state index is 12.7. The Morgan fingerprint density at radius 2 is 0.808 bits per heavy atom. The lowest BCUT2D eigenvalue weighted by Gasteiger charge is -2.18. The lowest BCUT2D eigenvalue weighted by molar-refractivity contribution is -0.150. The van der Waals surface area contributed by atoms with Crippen LogP contribution < -0.4 is 0 Å². The molecule has 0 aromatic heterocycles. The zero-order valence-electron chi connectivity index (χ0n) is 34.4. The zero-order chi connectivity index (χ0) is 37.8. The first-order valence-electron chi connectivity index (χ1n) is 22.3. The van der Waals surface area contributed by atoms with Crippen LogP contribution in [0.25, 0.3) is 0 Å². The van der Waals surface area contributed by atoms with Crippen LogP contribution in [-0.4, -0.2) is 23.1 Å². The molecular weight excluding hydrogens is 641 g/mol. The van der Waals surface area contributed by atoms with Crippen LogP contribution in [0.5, 0.6) is 0 Å².